The van der Waals surface area contributed by atoms with Gasteiger partial charge in [-0.2, -0.15) is 5.10 Å². The smallest absolute Gasteiger partial charge is 0.295 e. The monoisotopic (exact) mass is 305 g/mol. The van der Waals surface area contributed by atoms with Gasteiger partial charge in [-0.05, 0) is 10.8 Å². The number of carbonyl (C=O) groups excluding carboxylic acids is 1. The Morgan fingerprint density at radius 1 is 1.14 bits per heavy atom. The lowest BCUT2D eigenvalue weighted by molar-refractivity contribution is -0.862. The molecule has 4 nitrogen and oxygen atoms in total. The molecule has 0 heterocycles. The quantitative estimate of drug-likeness (QED) is 0.439. The van der Waals surface area contributed by atoms with Crippen LogP contribution in [0, 0.1) is 0 Å². The first kappa shape index (κ1) is 17.1. The molecule has 0 spiro atoms. The lowest BCUT2D eigenvalue weighted by atomic mass is 10.1. The molecular weight excluding hydrogens is 286 g/mol. The molecule has 0 radical (unpaired) electrons. The number of fused-ring (bicyclic) bond motifs is 1. The number of rotatable bonds is 4. The van der Waals surface area contributed by atoms with Gasteiger partial charge in [-0.25, -0.2) is 5.43 Å². The first-order valence-corrected chi connectivity index (χ1v) is 6.56. The molecule has 21 heavy (non-hydrogen) atoms. The van der Waals surface area contributed by atoms with Crippen LogP contribution in [0.3, 0.4) is 0 Å². The van der Waals surface area contributed by atoms with E-state index < -0.39 is 0 Å². The molecule has 5 heteroatoms. The van der Waals surface area contributed by atoms with Gasteiger partial charge in [0.15, 0.2) is 6.54 Å². The molecule has 0 unspecified atom stereocenters. The van der Waals surface area contributed by atoms with Crippen molar-refractivity contribution in [3.8, 4) is 0 Å². The number of hydrogen-bond donors (Lipinski definition) is 1. The molecular formula is C16H20ClN3O. The lowest BCUT2D eigenvalue weighted by Crippen LogP contribution is -3.00. The summed E-state index contributed by atoms with van der Waals surface area (Å²) < 4.78 is 0.579. The molecule has 0 aliphatic heterocycles. The van der Waals surface area contributed by atoms with Gasteiger partial charge in [0.1, 0.15) is 0 Å². The summed E-state index contributed by atoms with van der Waals surface area (Å²) in [6.07, 6.45) is 1.69. The molecule has 0 fully saturated rings. The zero-order valence-corrected chi connectivity index (χ0v) is 13.3. The van der Waals surface area contributed by atoms with Crippen molar-refractivity contribution >= 4 is 22.9 Å². The maximum Gasteiger partial charge on any atom is 0.295 e. The number of hydrogen-bond acceptors (Lipinski definition) is 2. The van der Waals surface area contributed by atoms with Gasteiger partial charge < -0.3 is 16.9 Å². The molecule has 0 aliphatic rings. The van der Waals surface area contributed by atoms with Crippen LogP contribution in [0.1, 0.15) is 5.56 Å². The number of amides is 1. The van der Waals surface area contributed by atoms with Crippen LogP contribution in [0.5, 0.6) is 0 Å². The van der Waals surface area contributed by atoms with Crippen LogP contribution in [-0.4, -0.2) is 44.3 Å². The fraction of sp³-hybridized carbons (Fsp3) is 0.250. The fourth-order valence-corrected chi connectivity index (χ4v) is 2.00. The Bertz CT molecular complexity index is 642. The third-order valence-electron chi connectivity index (χ3n) is 2.83. The van der Waals surface area contributed by atoms with Crippen molar-refractivity contribution in [1.82, 2.24) is 5.43 Å². The minimum absolute atomic E-state index is 0. The highest BCUT2D eigenvalue weighted by molar-refractivity contribution is 5.99. The summed E-state index contributed by atoms with van der Waals surface area (Å²) in [7, 11) is 5.90. The third kappa shape index (κ3) is 5.17. The van der Waals surface area contributed by atoms with E-state index in [4.69, 9.17) is 0 Å². The van der Waals surface area contributed by atoms with Crippen LogP contribution < -0.4 is 17.8 Å². The van der Waals surface area contributed by atoms with E-state index in [1.807, 2.05) is 51.5 Å². The van der Waals surface area contributed by atoms with E-state index in [2.05, 4.69) is 22.7 Å². The normalized spacial score (nSPS) is 11.4. The summed E-state index contributed by atoms with van der Waals surface area (Å²) in [4.78, 5) is 11.7. The van der Waals surface area contributed by atoms with E-state index in [0.29, 0.717) is 11.0 Å². The van der Waals surface area contributed by atoms with Gasteiger partial charge >= 0.3 is 0 Å². The summed E-state index contributed by atoms with van der Waals surface area (Å²) in [5.41, 5.74) is 3.56. The van der Waals surface area contributed by atoms with Crippen LogP contribution in [0.2, 0.25) is 0 Å². The van der Waals surface area contributed by atoms with E-state index in [0.717, 1.165) is 16.3 Å². The number of carbonyl (C=O) groups is 1. The molecule has 0 aromatic heterocycles. The average molecular weight is 306 g/mol. The highest BCUT2D eigenvalue weighted by atomic mass is 35.5. The maximum atomic E-state index is 11.7. The number of halogens is 1. The van der Waals surface area contributed by atoms with Gasteiger partial charge in [-0.3, -0.25) is 4.79 Å². The van der Waals surface area contributed by atoms with Crippen molar-refractivity contribution in [2.24, 2.45) is 5.10 Å². The second kappa shape index (κ2) is 7.20. The maximum absolute atomic E-state index is 11.7. The molecule has 0 aliphatic carbocycles. The van der Waals surface area contributed by atoms with E-state index in [-0.39, 0.29) is 18.3 Å². The second-order valence-electron chi connectivity index (χ2n) is 5.81. The van der Waals surface area contributed by atoms with Crippen LogP contribution >= 0.6 is 0 Å². The van der Waals surface area contributed by atoms with Gasteiger partial charge in [-0.1, -0.05) is 42.5 Å². The van der Waals surface area contributed by atoms with E-state index in [9.17, 15) is 4.79 Å². The van der Waals surface area contributed by atoms with Gasteiger partial charge in [0, 0.05) is 5.56 Å². The highest BCUT2D eigenvalue weighted by Gasteiger charge is 2.13. The van der Waals surface area contributed by atoms with Gasteiger partial charge in [0.25, 0.3) is 5.91 Å². The molecule has 112 valence electrons. The first-order chi connectivity index (χ1) is 9.46. The van der Waals surface area contributed by atoms with Crippen LogP contribution in [0.15, 0.2) is 47.6 Å². The Hall–Kier alpha value is -1.91. The molecule has 2 aromatic carbocycles. The molecule has 1 N–H and O–H groups in total. The topological polar surface area (TPSA) is 41.5 Å². The number of nitrogens with zero attached hydrogens (tertiary/aromatic N) is 2. The minimum atomic E-state index is -0.0889. The van der Waals surface area contributed by atoms with E-state index >= 15 is 0 Å². The summed E-state index contributed by atoms with van der Waals surface area (Å²) in [5.74, 6) is -0.0889. The molecule has 0 saturated carbocycles. The molecule has 2 rings (SSSR count). The number of hydrazone groups is 1. The van der Waals surface area contributed by atoms with Gasteiger partial charge in [-0.15, -0.1) is 0 Å². The SMILES string of the molecule is C[N+](C)(C)CC(=O)N/N=C/c1cccc2ccccc12.[Cl-]. The zero-order chi connectivity index (χ0) is 14.6. The molecule has 2 aromatic rings. The molecule has 0 bridgehead atoms. The number of likely N-dealkylation sites (N-methyl/N-ethyl adjacent to an activating group) is 1. The van der Waals surface area contributed by atoms with Crippen molar-refractivity contribution in [2.75, 3.05) is 27.7 Å². The molecule has 1 amide bonds. The Balaban J connectivity index is 0.00000220. The van der Waals surface area contributed by atoms with Crippen molar-refractivity contribution in [3.63, 3.8) is 0 Å². The summed E-state index contributed by atoms with van der Waals surface area (Å²) in [6.45, 7) is 0.396. The van der Waals surface area contributed by atoms with Crippen LogP contribution in [-0.2, 0) is 4.79 Å². The molecule has 0 saturated heterocycles. The molecule has 0 atom stereocenters. The summed E-state index contributed by atoms with van der Waals surface area (Å²) in [5, 5.41) is 6.33. The van der Waals surface area contributed by atoms with Crippen molar-refractivity contribution in [3.05, 3.63) is 48.0 Å². The van der Waals surface area contributed by atoms with Gasteiger partial charge in [0.2, 0.25) is 0 Å². The van der Waals surface area contributed by atoms with E-state index in [1.165, 1.54) is 0 Å². The third-order valence-corrected chi connectivity index (χ3v) is 2.83. The Morgan fingerprint density at radius 2 is 1.81 bits per heavy atom. The Labute approximate surface area is 131 Å². The second-order valence-corrected chi connectivity index (χ2v) is 5.81. The number of nitrogens with one attached hydrogen (secondary N) is 1. The first-order valence-electron chi connectivity index (χ1n) is 6.56. The average Bonchev–Trinajstić information content (AvgIpc) is 2.37. The number of benzene rings is 2. The van der Waals surface area contributed by atoms with Gasteiger partial charge in [0.05, 0.1) is 27.4 Å². The number of quaternary nitrogens is 1. The largest absolute Gasteiger partial charge is 1.00 e. The Morgan fingerprint density at radius 3 is 2.52 bits per heavy atom. The van der Waals surface area contributed by atoms with Crippen molar-refractivity contribution < 1.29 is 21.7 Å². The van der Waals surface area contributed by atoms with E-state index in [1.54, 1.807) is 6.21 Å². The Kier molecular flexibility index (Phi) is 5.88. The van der Waals surface area contributed by atoms with Crippen molar-refractivity contribution in [2.45, 2.75) is 0 Å². The van der Waals surface area contributed by atoms with Crippen LogP contribution in [0.25, 0.3) is 10.8 Å². The minimum Gasteiger partial charge on any atom is -1.00 e. The standard InChI is InChI=1S/C16H19N3O.ClH/c1-19(2,3)12-16(20)18-17-11-14-9-6-8-13-7-4-5-10-15(13)14;/h4-11H,12H2,1-3H3;1H/b17-11+;. The van der Waals surface area contributed by atoms with Crippen molar-refractivity contribution in [1.29, 1.82) is 0 Å². The summed E-state index contributed by atoms with van der Waals surface area (Å²) in [6, 6.07) is 14.1. The predicted molar refractivity (Wildman–Crippen MR) is 82.6 cm³/mol. The zero-order valence-electron chi connectivity index (χ0n) is 12.5. The fourth-order valence-electron chi connectivity index (χ4n) is 2.00. The summed E-state index contributed by atoms with van der Waals surface area (Å²) >= 11 is 0. The lowest BCUT2D eigenvalue weighted by Gasteiger charge is -2.21. The van der Waals surface area contributed by atoms with Crippen LogP contribution in [0.4, 0.5) is 0 Å². The predicted octanol–water partition coefficient (Wildman–Crippen LogP) is -1.000. The highest BCUT2D eigenvalue weighted by Crippen LogP contribution is 2.16.